The molecular weight excluding hydrogens is 248 g/mol. The summed E-state index contributed by atoms with van der Waals surface area (Å²) in [5.74, 6) is 0. The van der Waals surface area contributed by atoms with Gasteiger partial charge in [-0.05, 0) is 16.7 Å². The van der Waals surface area contributed by atoms with E-state index in [2.05, 4.69) is 41.4 Å². The molecule has 3 nitrogen and oxygen atoms in total. The first-order valence-corrected chi connectivity index (χ1v) is 6.61. The van der Waals surface area contributed by atoms with Gasteiger partial charge in [-0.1, -0.05) is 54.6 Å². The zero-order valence-corrected chi connectivity index (χ0v) is 11.1. The number of hydrogen-bond donors (Lipinski definition) is 1. The standard InChI is InChI=1S/C17H16N2O/c20-12-17-10-18-13-19(17)11-14-6-8-16(9-7-14)15-4-2-1-3-5-15/h1-10,13,20H,11-12H2. The van der Waals surface area contributed by atoms with Crippen LogP contribution in [0.4, 0.5) is 0 Å². The zero-order valence-electron chi connectivity index (χ0n) is 11.1. The van der Waals surface area contributed by atoms with Gasteiger partial charge in [0, 0.05) is 6.54 Å². The molecule has 0 saturated carbocycles. The fraction of sp³-hybridized carbons (Fsp3) is 0.118. The van der Waals surface area contributed by atoms with Crippen LogP contribution in [0.15, 0.2) is 67.1 Å². The van der Waals surface area contributed by atoms with Gasteiger partial charge < -0.3 is 9.67 Å². The van der Waals surface area contributed by atoms with E-state index in [0.29, 0.717) is 0 Å². The van der Waals surface area contributed by atoms with Crippen LogP contribution in [0.3, 0.4) is 0 Å². The summed E-state index contributed by atoms with van der Waals surface area (Å²) in [6, 6.07) is 18.8. The maximum Gasteiger partial charge on any atom is 0.0952 e. The lowest BCUT2D eigenvalue weighted by Gasteiger charge is -2.07. The number of rotatable bonds is 4. The highest BCUT2D eigenvalue weighted by atomic mass is 16.3. The molecule has 0 bridgehead atoms. The maximum atomic E-state index is 9.22. The third-order valence-electron chi connectivity index (χ3n) is 3.37. The van der Waals surface area contributed by atoms with Gasteiger partial charge in [0.05, 0.1) is 24.8 Å². The van der Waals surface area contributed by atoms with Gasteiger partial charge in [-0.3, -0.25) is 0 Å². The van der Waals surface area contributed by atoms with Crippen LogP contribution in [-0.4, -0.2) is 14.7 Å². The Morgan fingerprint density at radius 2 is 1.60 bits per heavy atom. The van der Waals surface area contributed by atoms with Gasteiger partial charge in [0.2, 0.25) is 0 Å². The van der Waals surface area contributed by atoms with Gasteiger partial charge in [0.15, 0.2) is 0 Å². The summed E-state index contributed by atoms with van der Waals surface area (Å²) in [6.45, 7) is 0.743. The van der Waals surface area contributed by atoms with Crippen LogP contribution in [-0.2, 0) is 13.2 Å². The molecule has 0 fully saturated rings. The Bertz CT molecular complexity index is 672. The predicted molar refractivity (Wildman–Crippen MR) is 79.1 cm³/mol. The maximum absolute atomic E-state index is 9.22. The molecule has 100 valence electrons. The minimum Gasteiger partial charge on any atom is -0.390 e. The second-order valence-electron chi connectivity index (χ2n) is 4.73. The molecule has 3 heteroatoms. The molecule has 0 aliphatic rings. The largest absolute Gasteiger partial charge is 0.390 e. The molecule has 1 aromatic heterocycles. The van der Waals surface area contributed by atoms with Crippen molar-refractivity contribution >= 4 is 0 Å². The van der Waals surface area contributed by atoms with Crippen LogP contribution in [0.25, 0.3) is 11.1 Å². The Morgan fingerprint density at radius 1 is 0.900 bits per heavy atom. The average molecular weight is 264 g/mol. The minimum absolute atomic E-state index is 0.0160. The molecule has 0 aliphatic carbocycles. The van der Waals surface area contributed by atoms with E-state index >= 15 is 0 Å². The van der Waals surface area contributed by atoms with Gasteiger partial charge in [0.25, 0.3) is 0 Å². The predicted octanol–water partition coefficient (Wildman–Crippen LogP) is 3.09. The number of benzene rings is 2. The molecule has 0 spiro atoms. The number of aliphatic hydroxyl groups excluding tert-OH is 1. The number of hydrogen-bond acceptors (Lipinski definition) is 2. The number of aliphatic hydroxyl groups is 1. The molecule has 1 heterocycles. The highest BCUT2D eigenvalue weighted by Crippen LogP contribution is 2.19. The lowest BCUT2D eigenvalue weighted by atomic mass is 10.0. The summed E-state index contributed by atoms with van der Waals surface area (Å²) in [4.78, 5) is 4.06. The summed E-state index contributed by atoms with van der Waals surface area (Å²) < 4.78 is 1.96. The van der Waals surface area contributed by atoms with E-state index in [0.717, 1.165) is 12.2 Å². The van der Waals surface area contributed by atoms with Gasteiger partial charge in [0.1, 0.15) is 0 Å². The topological polar surface area (TPSA) is 38.1 Å². The van der Waals surface area contributed by atoms with Gasteiger partial charge in [-0.25, -0.2) is 4.98 Å². The first-order valence-electron chi connectivity index (χ1n) is 6.61. The molecule has 3 rings (SSSR count). The molecule has 0 saturated heterocycles. The van der Waals surface area contributed by atoms with Crippen molar-refractivity contribution in [2.45, 2.75) is 13.2 Å². The molecule has 0 radical (unpaired) electrons. The molecule has 1 N–H and O–H groups in total. The quantitative estimate of drug-likeness (QED) is 0.786. The average Bonchev–Trinajstić information content (AvgIpc) is 2.96. The van der Waals surface area contributed by atoms with Crippen LogP contribution in [0.2, 0.25) is 0 Å². The summed E-state index contributed by atoms with van der Waals surface area (Å²) in [6.07, 6.45) is 3.44. The lowest BCUT2D eigenvalue weighted by molar-refractivity contribution is 0.271. The third-order valence-corrected chi connectivity index (χ3v) is 3.37. The van der Waals surface area contributed by atoms with E-state index < -0.39 is 0 Å². The number of imidazole rings is 1. The molecular formula is C17H16N2O. The van der Waals surface area contributed by atoms with E-state index in [1.54, 1.807) is 12.5 Å². The normalized spacial score (nSPS) is 10.7. The second kappa shape index (κ2) is 5.72. The first kappa shape index (κ1) is 12.6. The van der Waals surface area contributed by atoms with E-state index in [4.69, 9.17) is 0 Å². The van der Waals surface area contributed by atoms with E-state index in [1.165, 1.54) is 16.7 Å². The second-order valence-corrected chi connectivity index (χ2v) is 4.73. The zero-order chi connectivity index (χ0) is 13.8. The highest BCUT2D eigenvalue weighted by Gasteiger charge is 2.02. The molecule has 0 atom stereocenters. The monoisotopic (exact) mass is 264 g/mol. The van der Waals surface area contributed by atoms with Crippen LogP contribution >= 0.6 is 0 Å². The van der Waals surface area contributed by atoms with Crippen LogP contribution in [0.1, 0.15) is 11.3 Å². The van der Waals surface area contributed by atoms with Crippen molar-refractivity contribution in [2.75, 3.05) is 0 Å². The fourth-order valence-corrected chi connectivity index (χ4v) is 2.25. The Morgan fingerprint density at radius 3 is 2.30 bits per heavy atom. The number of aromatic nitrogens is 2. The van der Waals surface area contributed by atoms with Gasteiger partial charge in [-0.15, -0.1) is 0 Å². The molecule has 2 aromatic carbocycles. The Labute approximate surface area is 118 Å². The summed E-state index contributed by atoms with van der Waals surface area (Å²) >= 11 is 0. The van der Waals surface area contributed by atoms with Gasteiger partial charge in [-0.2, -0.15) is 0 Å². The van der Waals surface area contributed by atoms with Crippen molar-refractivity contribution < 1.29 is 5.11 Å². The van der Waals surface area contributed by atoms with E-state index in [-0.39, 0.29) is 6.61 Å². The number of nitrogens with zero attached hydrogens (tertiary/aromatic N) is 2. The summed E-state index contributed by atoms with van der Waals surface area (Å²) in [5.41, 5.74) is 4.45. The van der Waals surface area contributed by atoms with Crippen molar-refractivity contribution in [3.05, 3.63) is 78.4 Å². The lowest BCUT2D eigenvalue weighted by Crippen LogP contribution is -2.02. The molecule has 0 unspecified atom stereocenters. The Hall–Kier alpha value is -2.39. The van der Waals surface area contributed by atoms with Crippen LogP contribution in [0.5, 0.6) is 0 Å². The van der Waals surface area contributed by atoms with E-state index in [9.17, 15) is 5.11 Å². The smallest absolute Gasteiger partial charge is 0.0952 e. The summed E-state index contributed by atoms with van der Waals surface area (Å²) in [7, 11) is 0. The molecule has 3 aromatic rings. The minimum atomic E-state index is 0.0160. The van der Waals surface area contributed by atoms with Crippen LogP contribution in [0, 0.1) is 0 Å². The highest BCUT2D eigenvalue weighted by molar-refractivity contribution is 5.63. The first-order chi connectivity index (χ1) is 9.86. The Kier molecular flexibility index (Phi) is 3.61. The van der Waals surface area contributed by atoms with Crippen molar-refractivity contribution in [3.8, 4) is 11.1 Å². The molecule has 0 aliphatic heterocycles. The fourth-order valence-electron chi connectivity index (χ4n) is 2.25. The SMILES string of the molecule is OCc1cncn1Cc1ccc(-c2ccccc2)cc1. The Balaban J connectivity index is 1.80. The van der Waals surface area contributed by atoms with Gasteiger partial charge >= 0.3 is 0 Å². The third kappa shape index (κ3) is 2.63. The van der Waals surface area contributed by atoms with Crippen LogP contribution < -0.4 is 0 Å². The van der Waals surface area contributed by atoms with Crippen molar-refractivity contribution in [2.24, 2.45) is 0 Å². The molecule has 20 heavy (non-hydrogen) atoms. The van der Waals surface area contributed by atoms with E-state index in [1.807, 2.05) is 22.8 Å². The van der Waals surface area contributed by atoms with Crippen molar-refractivity contribution in [1.29, 1.82) is 0 Å². The summed E-state index contributed by atoms with van der Waals surface area (Å²) in [5, 5.41) is 9.22. The van der Waals surface area contributed by atoms with Crippen molar-refractivity contribution in [1.82, 2.24) is 9.55 Å². The van der Waals surface area contributed by atoms with Crippen molar-refractivity contribution in [3.63, 3.8) is 0 Å². The molecule has 0 amide bonds.